The van der Waals surface area contributed by atoms with Gasteiger partial charge in [-0.15, -0.1) is 0 Å². The highest BCUT2D eigenvalue weighted by Crippen LogP contribution is 2.22. The van der Waals surface area contributed by atoms with Gasteiger partial charge < -0.3 is 10.1 Å². The molecule has 21 heavy (non-hydrogen) atoms. The third-order valence-electron chi connectivity index (χ3n) is 2.70. The van der Waals surface area contributed by atoms with Crippen molar-refractivity contribution in [2.45, 2.75) is 0 Å². The predicted octanol–water partition coefficient (Wildman–Crippen LogP) is 3.50. The van der Waals surface area contributed by atoms with Gasteiger partial charge in [0.05, 0.1) is 12.8 Å². The summed E-state index contributed by atoms with van der Waals surface area (Å²) in [6, 6.07) is 4.88. The molecule has 0 aromatic heterocycles. The molecule has 0 atom stereocenters. The summed E-state index contributed by atoms with van der Waals surface area (Å²) < 4.78 is 57.4. The molecule has 2 aromatic rings. The fourth-order valence-corrected chi connectivity index (χ4v) is 1.62. The lowest BCUT2D eigenvalue weighted by Gasteiger charge is -2.08. The Morgan fingerprint density at radius 3 is 2.33 bits per heavy atom. The number of nitrogens with one attached hydrogen (secondary N) is 1. The van der Waals surface area contributed by atoms with E-state index in [1.807, 2.05) is 5.32 Å². The van der Waals surface area contributed by atoms with E-state index in [2.05, 4.69) is 4.74 Å². The minimum atomic E-state index is -1.70. The van der Waals surface area contributed by atoms with Crippen LogP contribution in [0.1, 0.15) is 10.4 Å². The second-order valence-electron chi connectivity index (χ2n) is 4.03. The predicted molar refractivity (Wildman–Crippen MR) is 67.2 cm³/mol. The molecule has 2 aromatic carbocycles. The summed E-state index contributed by atoms with van der Waals surface area (Å²) in [5.74, 6) is -6.32. The topological polar surface area (TPSA) is 38.3 Å². The number of rotatable bonds is 3. The zero-order valence-corrected chi connectivity index (χ0v) is 10.7. The number of hydrogen-bond acceptors (Lipinski definition) is 2. The van der Waals surface area contributed by atoms with Gasteiger partial charge in [-0.05, 0) is 30.3 Å². The van der Waals surface area contributed by atoms with Crippen molar-refractivity contribution in [2.24, 2.45) is 0 Å². The molecule has 0 aliphatic heterocycles. The van der Waals surface area contributed by atoms with Crippen LogP contribution in [0, 0.1) is 23.3 Å². The largest absolute Gasteiger partial charge is 0.494 e. The first-order valence-electron chi connectivity index (χ1n) is 5.72. The SMILES string of the molecule is COc1ccc(C(=O)Nc2ccc(F)c(F)c2F)cc1F. The Labute approximate surface area is 117 Å². The second-order valence-corrected chi connectivity index (χ2v) is 4.03. The molecule has 0 unspecified atom stereocenters. The van der Waals surface area contributed by atoms with Gasteiger partial charge in [-0.3, -0.25) is 4.79 Å². The molecule has 7 heteroatoms. The van der Waals surface area contributed by atoms with Crippen molar-refractivity contribution in [1.82, 2.24) is 0 Å². The van der Waals surface area contributed by atoms with Crippen molar-refractivity contribution in [2.75, 3.05) is 12.4 Å². The lowest BCUT2D eigenvalue weighted by Crippen LogP contribution is -2.14. The maximum Gasteiger partial charge on any atom is 0.255 e. The van der Waals surface area contributed by atoms with Gasteiger partial charge in [0, 0.05) is 5.56 Å². The maximum atomic E-state index is 13.5. The van der Waals surface area contributed by atoms with E-state index in [9.17, 15) is 22.4 Å². The summed E-state index contributed by atoms with van der Waals surface area (Å²) in [5.41, 5.74) is -0.674. The number of amides is 1. The minimum Gasteiger partial charge on any atom is -0.494 e. The molecule has 110 valence electrons. The quantitative estimate of drug-likeness (QED) is 0.696. The summed E-state index contributed by atoms with van der Waals surface area (Å²) in [7, 11) is 1.26. The van der Waals surface area contributed by atoms with Crippen LogP contribution in [0.15, 0.2) is 30.3 Å². The van der Waals surface area contributed by atoms with Crippen molar-refractivity contribution in [3.05, 3.63) is 59.2 Å². The Morgan fingerprint density at radius 2 is 1.71 bits per heavy atom. The fourth-order valence-electron chi connectivity index (χ4n) is 1.62. The van der Waals surface area contributed by atoms with Crippen LogP contribution in [0.4, 0.5) is 23.2 Å². The first kappa shape index (κ1) is 14.8. The van der Waals surface area contributed by atoms with Crippen LogP contribution in [-0.4, -0.2) is 13.0 Å². The van der Waals surface area contributed by atoms with Crippen molar-refractivity contribution in [1.29, 1.82) is 0 Å². The smallest absolute Gasteiger partial charge is 0.255 e. The molecule has 0 aliphatic rings. The molecule has 1 amide bonds. The van der Waals surface area contributed by atoms with Gasteiger partial charge in [-0.1, -0.05) is 0 Å². The average Bonchev–Trinajstić information content (AvgIpc) is 2.47. The van der Waals surface area contributed by atoms with Gasteiger partial charge in [0.15, 0.2) is 29.0 Å². The van der Waals surface area contributed by atoms with Crippen molar-refractivity contribution in [3.8, 4) is 5.75 Å². The number of methoxy groups -OCH3 is 1. The van der Waals surface area contributed by atoms with Crippen molar-refractivity contribution in [3.63, 3.8) is 0 Å². The van der Waals surface area contributed by atoms with Crippen LogP contribution in [0.3, 0.4) is 0 Å². The summed E-state index contributed by atoms with van der Waals surface area (Å²) in [5, 5.41) is 2.03. The van der Waals surface area contributed by atoms with E-state index in [0.717, 1.165) is 12.1 Å². The molecule has 0 spiro atoms. The van der Waals surface area contributed by atoms with Gasteiger partial charge in [-0.2, -0.15) is 0 Å². The molecule has 0 radical (unpaired) electrons. The molecular weight excluding hydrogens is 290 g/mol. The van der Waals surface area contributed by atoms with Crippen molar-refractivity contribution >= 4 is 11.6 Å². The molecule has 3 nitrogen and oxygen atoms in total. The van der Waals surface area contributed by atoms with E-state index in [1.165, 1.54) is 19.2 Å². The van der Waals surface area contributed by atoms with Gasteiger partial charge in [-0.25, -0.2) is 17.6 Å². The maximum absolute atomic E-state index is 13.5. The first-order chi connectivity index (χ1) is 9.93. The first-order valence-corrected chi connectivity index (χ1v) is 5.72. The zero-order chi connectivity index (χ0) is 15.6. The molecule has 0 saturated heterocycles. The van der Waals surface area contributed by atoms with Gasteiger partial charge in [0.25, 0.3) is 5.91 Å². The highest BCUT2D eigenvalue weighted by molar-refractivity contribution is 6.04. The number of ether oxygens (including phenoxy) is 1. The third-order valence-corrected chi connectivity index (χ3v) is 2.70. The normalized spacial score (nSPS) is 10.3. The molecule has 0 bridgehead atoms. The van der Waals surface area contributed by atoms with Crippen LogP contribution >= 0.6 is 0 Å². The molecule has 2 rings (SSSR count). The Hall–Kier alpha value is -2.57. The van der Waals surface area contributed by atoms with E-state index in [4.69, 9.17) is 0 Å². The highest BCUT2D eigenvalue weighted by atomic mass is 19.2. The fraction of sp³-hybridized carbons (Fsp3) is 0.0714. The van der Waals surface area contributed by atoms with Crippen LogP contribution in [0.25, 0.3) is 0 Å². The minimum absolute atomic E-state index is 0.0643. The third kappa shape index (κ3) is 2.96. The number of carbonyl (C=O) groups excluding carboxylic acids is 1. The molecular formula is C14H9F4NO2. The number of halogens is 4. The monoisotopic (exact) mass is 299 g/mol. The van der Waals surface area contributed by atoms with E-state index in [-0.39, 0.29) is 11.3 Å². The molecule has 0 aliphatic carbocycles. The van der Waals surface area contributed by atoms with Gasteiger partial charge in [0.1, 0.15) is 0 Å². The lowest BCUT2D eigenvalue weighted by molar-refractivity contribution is 0.102. The average molecular weight is 299 g/mol. The lowest BCUT2D eigenvalue weighted by atomic mass is 10.2. The Bertz CT molecular complexity index is 704. The number of hydrogen-bond donors (Lipinski definition) is 1. The standard InChI is InChI=1S/C14H9F4NO2/c1-21-11-5-2-7(6-9(11)16)14(20)19-10-4-3-8(15)12(17)13(10)18/h2-6H,1H3,(H,19,20). The second kappa shape index (κ2) is 5.82. The Morgan fingerprint density at radius 1 is 1.00 bits per heavy atom. The number of carbonyl (C=O) groups is 1. The van der Waals surface area contributed by atoms with Gasteiger partial charge in [0.2, 0.25) is 0 Å². The summed E-state index contributed by atoms with van der Waals surface area (Å²) in [6.07, 6.45) is 0. The van der Waals surface area contributed by atoms with E-state index >= 15 is 0 Å². The van der Waals surface area contributed by atoms with Gasteiger partial charge >= 0.3 is 0 Å². The van der Waals surface area contributed by atoms with E-state index in [0.29, 0.717) is 6.07 Å². The molecule has 1 N–H and O–H groups in total. The number of anilines is 1. The Kier molecular flexibility index (Phi) is 4.11. The van der Waals surface area contributed by atoms with Crippen LogP contribution < -0.4 is 10.1 Å². The van der Waals surface area contributed by atoms with E-state index in [1.54, 1.807) is 0 Å². The molecule has 0 saturated carbocycles. The summed E-state index contributed by atoms with van der Waals surface area (Å²) in [6.45, 7) is 0. The van der Waals surface area contributed by atoms with Crippen LogP contribution in [0.2, 0.25) is 0 Å². The van der Waals surface area contributed by atoms with Crippen LogP contribution in [-0.2, 0) is 0 Å². The summed E-state index contributed by atoms with van der Waals surface area (Å²) in [4.78, 5) is 11.8. The molecule has 0 fully saturated rings. The van der Waals surface area contributed by atoms with Crippen LogP contribution in [0.5, 0.6) is 5.75 Å². The zero-order valence-electron chi connectivity index (χ0n) is 10.7. The van der Waals surface area contributed by atoms with E-state index < -0.39 is 34.9 Å². The molecule has 0 heterocycles. The Balaban J connectivity index is 2.26. The highest BCUT2D eigenvalue weighted by Gasteiger charge is 2.16. The van der Waals surface area contributed by atoms with Crippen molar-refractivity contribution < 1.29 is 27.1 Å². The summed E-state index contributed by atoms with van der Waals surface area (Å²) >= 11 is 0. The number of benzene rings is 2.